The molecule has 192 valence electrons. The minimum absolute atomic E-state index is 0.00466. The second-order valence-corrected chi connectivity index (χ2v) is 11.5. The summed E-state index contributed by atoms with van der Waals surface area (Å²) in [6.07, 6.45) is 3.08. The van der Waals surface area contributed by atoms with Crippen LogP contribution in [0.25, 0.3) is 0 Å². The Hall–Kier alpha value is -2.26. The van der Waals surface area contributed by atoms with Gasteiger partial charge in [0.15, 0.2) is 0 Å². The second kappa shape index (κ2) is 10.4. The van der Waals surface area contributed by atoms with E-state index in [1.165, 1.54) is 0 Å². The number of likely N-dealkylation sites (tertiary alicyclic amines) is 1. The first-order chi connectivity index (χ1) is 16.8. The summed E-state index contributed by atoms with van der Waals surface area (Å²) in [4.78, 5) is 42.8. The maximum absolute atomic E-state index is 14.1. The summed E-state index contributed by atoms with van der Waals surface area (Å²) in [5.74, 6) is -0.865. The van der Waals surface area contributed by atoms with Crippen molar-refractivity contribution < 1.29 is 24.2 Å². The number of anilines is 1. The normalized spacial score (nSPS) is 30.7. The molecule has 0 aliphatic carbocycles. The molecule has 3 fully saturated rings. The molecule has 8 nitrogen and oxygen atoms in total. The molecule has 4 rings (SSSR count). The van der Waals surface area contributed by atoms with Crippen LogP contribution in [-0.2, 0) is 14.4 Å². The quantitative estimate of drug-likeness (QED) is 0.453. The average Bonchev–Trinajstić information content (AvgIpc) is 3.51. The van der Waals surface area contributed by atoms with E-state index in [2.05, 4.69) is 10.6 Å². The van der Waals surface area contributed by atoms with Crippen molar-refractivity contribution in [2.24, 2.45) is 17.8 Å². The highest BCUT2D eigenvalue weighted by atomic mass is 32.2. The average molecular weight is 504 g/mol. The number of fused-ring (bicyclic) bond motifs is 1. The summed E-state index contributed by atoms with van der Waals surface area (Å²) in [6, 6.07) is 5.84. The number of thioether (sulfide) groups is 1. The zero-order valence-electron chi connectivity index (χ0n) is 21.0. The molecule has 3 N–H and O–H groups in total. The Morgan fingerprint density at radius 3 is 2.57 bits per heavy atom. The van der Waals surface area contributed by atoms with Gasteiger partial charge in [0.1, 0.15) is 11.8 Å². The van der Waals surface area contributed by atoms with Gasteiger partial charge in [-0.05, 0) is 49.4 Å². The number of hydrogen-bond acceptors (Lipinski definition) is 6. The summed E-state index contributed by atoms with van der Waals surface area (Å²) >= 11 is 1.64. The van der Waals surface area contributed by atoms with Crippen molar-refractivity contribution in [2.75, 3.05) is 25.6 Å². The maximum Gasteiger partial charge on any atom is 0.248 e. The van der Waals surface area contributed by atoms with Gasteiger partial charge in [-0.15, -0.1) is 11.8 Å². The van der Waals surface area contributed by atoms with Gasteiger partial charge in [-0.1, -0.05) is 27.2 Å². The van der Waals surface area contributed by atoms with Gasteiger partial charge < -0.3 is 25.4 Å². The lowest BCUT2D eigenvalue weighted by atomic mass is 9.70. The highest BCUT2D eigenvalue weighted by molar-refractivity contribution is 8.02. The molecule has 3 aliphatic rings. The summed E-state index contributed by atoms with van der Waals surface area (Å²) in [7, 11) is 1.58. The van der Waals surface area contributed by atoms with Crippen LogP contribution in [0.15, 0.2) is 24.3 Å². The molecule has 0 radical (unpaired) electrons. The van der Waals surface area contributed by atoms with Crippen LogP contribution in [0, 0.1) is 17.8 Å². The minimum Gasteiger partial charge on any atom is -0.497 e. The lowest BCUT2D eigenvalue weighted by Gasteiger charge is -2.39. The molecule has 35 heavy (non-hydrogen) atoms. The molecule has 3 heterocycles. The first kappa shape index (κ1) is 25.8. The highest BCUT2D eigenvalue weighted by Gasteiger charge is 2.74. The Balaban J connectivity index is 1.71. The van der Waals surface area contributed by atoms with Crippen molar-refractivity contribution in [3.8, 4) is 5.75 Å². The minimum atomic E-state index is -0.757. The molecular weight excluding hydrogens is 466 g/mol. The Bertz CT molecular complexity index is 957. The number of aliphatic hydroxyl groups is 1. The summed E-state index contributed by atoms with van der Waals surface area (Å²) in [5.41, 5.74) is 0.613. The fourth-order valence-corrected chi connectivity index (χ4v) is 8.32. The van der Waals surface area contributed by atoms with Crippen LogP contribution >= 0.6 is 11.8 Å². The number of hydrogen-bond donors (Lipinski definition) is 3. The number of nitrogens with one attached hydrogen (secondary N) is 2. The molecule has 2 bridgehead atoms. The van der Waals surface area contributed by atoms with Gasteiger partial charge in [0.25, 0.3) is 0 Å². The van der Waals surface area contributed by atoms with E-state index >= 15 is 0 Å². The molecule has 3 saturated heterocycles. The Kier molecular flexibility index (Phi) is 7.66. The summed E-state index contributed by atoms with van der Waals surface area (Å²) in [5, 5.41) is 16.4. The standard InChI is InChI=1S/C26H37N3O5S/c1-5-13-27-23(31)20-19-11-12-26(35-19)21(20)25(33)29(18(14-30)15(3)6-2)22(26)24(32)28-16-7-9-17(34-4)10-8-16/h7-10,15,18-22,30H,5-6,11-14H2,1-4H3,(H,27,31)(H,28,32)/t15-,18-,19+,20-,21-,22?,26?/m0/s1. The summed E-state index contributed by atoms with van der Waals surface area (Å²) < 4.78 is 4.54. The number of benzene rings is 1. The molecule has 7 atom stereocenters. The topological polar surface area (TPSA) is 108 Å². The van der Waals surface area contributed by atoms with Gasteiger partial charge in [0.2, 0.25) is 17.7 Å². The van der Waals surface area contributed by atoms with E-state index < -0.39 is 28.7 Å². The molecule has 9 heteroatoms. The zero-order chi connectivity index (χ0) is 25.3. The van der Waals surface area contributed by atoms with Crippen molar-refractivity contribution >= 4 is 35.2 Å². The third kappa shape index (κ3) is 4.31. The van der Waals surface area contributed by atoms with Crippen molar-refractivity contribution in [2.45, 2.75) is 68.5 Å². The van der Waals surface area contributed by atoms with Crippen LogP contribution in [0.2, 0.25) is 0 Å². The lowest BCUT2D eigenvalue weighted by Crippen LogP contribution is -2.56. The highest BCUT2D eigenvalue weighted by Crippen LogP contribution is 2.66. The van der Waals surface area contributed by atoms with Gasteiger partial charge in [-0.25, -0.2) is 0 Å². The molecule has 3 aliphatic heterocycles. The zero-order valence-corrected chi connectivity index (χ0v) is 21.8. The van der Waals surface area contributed by atoms with Gasteiger partial charge >= 0.3 is 0 Å². The van der Waals surface area contributed by atoms with Gasteiger partial charge in [-0.2, -0.15) is 0 Å². The van der Waals surface area contributed by atoms with Gasteiger partial charge in [-0.3, -0.25) is 14.4 Å². The molecule has 3 amide bonds. The second-order valence-electron chi connectivity index (χ2n) is 9.95. The lowest BCUT2D eigenvalue weighted by molar-refractivity contribution is -0.143. The van der Waals surface area contributed by atoms with Crippen molar-refractivity contribution in [1.29, 1.82) is 0 Å². The van der Waals surface area contributed by atoms with Gasteiger partial charge in [0, 0.05) is 17.5 Å². The first-order valence-electron chi connectivity index (χ1n) is 12.7. The third-order valence-corrected chi connectivity index (χ3v) is 9.99. The number of rotatable bonds is 10. The van der Waals surface area contributed by atoms with E-state index in [4.69, 9.17) is 4.74 Å². The van der Waals surface area contributed by atoms with Crippen LogP contribution < -0.4 is 15.4 Å². The SMILES string of the molecule is CCCNC(=O)[C@@H]1[C@H]2C(=O)N([C@@H](CO)[C@@H](C)CC)C(C(=O)Nc3ccc(OC)cc3)C23CC[C@H]1S3. The summed E-state index contributed by atoms with van der Waals surface area (Å²) in [6.45, 7) is 6.35. The third-order valence-electron chi connectivity index (χ3n) is 8.04. The number of aliphatic hydroxyl groups excluding tert-OH is 1. The number of methoxy groups -OCH3 is 1. The largest absolute Gasteiger partial charge is 0.497 e. The Labute approximate surface area is 211 Å². The van der Waals surface area contributed by atoms with Crippen LogP contribution in [0.1, 0.15) is 46.5 Å². The maximum atomic E-state index is 14.1. The number of ether oxygens (including phenoxy) is 1. The molecule has 1 aromatic carbocycles. The van der Waals surface area contributed by atoms with Crippen LogP contribution in [-0.4, -0.2) is 70.1 Å². The molecular formula is C26H37N3O5S. The predicted octanol–water partition coefficient (Wildman–Crippen LogP) is 2.66. The van der Waals surface area contributed by atoms with E-state index in [-0.39, 0.29) is 35.5 Å². The fourth-order valence-electron chi connectivity index (χ4n) is 6.11. The Morgan fingerprint density at radius 2 is 1.97 bits per heavy atom. The van der Waals surface area contributed by atoms with Crippen LogP contribution in [0.4, 0.5) is 5.69 Å². The van der Waals surface area contributed by atoms with E-state index in [0.717, 1.165) is 19.3 Å². The number of amides is 3. The molecule has 0 saturated carbocycles. The van der Waals surface area contributed by atoms with Crippen molar-refractivity contribution in [1.82, 2.24) is 10.2 Å². The van der Waals surface area contributed by atoms with E-state index in [9.17, 15) is 19.5 Å². The molecule has 2 unspecified atom stereocenters. The van der Waals surface area contributed by atoms with E-state index in [1.807, 2.05) is 20.8 Å². The molecule has 1 aromatic rings. The predicted molar refractivity (Wildman–Crippen MR) is 136 cm³/mol. The van der Waals surface area contributed by atoms with Crippen LogP contribution in [0.5, 0.6) is 5.75 Å². The van der Waals surface area contributed by atoms with E-state index in [1.54, 1.807) is 48.0 Å². The Morgan fingerprint density at radius 1 is 1.26 bits per heavy atom. The van der Waals surface area contributed by atoms with Crippen LogP contribution in [0.3, 0.4) is 0 Å². The monoisotopic (exact) mass is 503 g/mol. The number of carbonyl (C=O) groups excluding carboxylic acids is 3. The smallest absolute Gasteiger partial charge is 0.248 e. The fraction of sp³-hybridized carbons (Fsp3) is 0.654. The number of carbonyl (C=O) groups is 3. The molecule has 1 spiro atoms. The molecule has 0 aromatic heterocycles. The first-order valence-corrected chi connectivity index (χ1v) is 13.5. The number of nitrogens with zero attached hydrogens (tertiary/aromatic N) is 1. The van der Waals surface area contributed by atoms with Crippen molar-refractivity contribution in [3.63, 3.8) is 0 Å². The van der Waals surface area contributed by atoms with Gasteiger partial charge in [0.05, 0.1) is 36.3 Å². The van der Waals surface area contributed by atoms with Crippen molar-refractivity contribution in [3.05, 3.63) is 24.3 Å². The van der Waals surface area contributed by atoms with E-state index in [0.29, 0.717) is 24.4 Å².